The van der Waals surface area contributed by atoms with E-state index in [1.165, 1.54) is 6.26 Å². The van der Waals surface area contributed by atoms with Crippen LogP contribution in [0.3, 0.4) is 0 Å². The second-order valence-corrected chi connectivity index (χ2v) is 9.43. The smallest absolute Gasteiger partial charge is 0.289 e. The number of fused-ring (bicyclic) bond motifs is 3. The number of nitriles is 1. The number of pyridine rings is 2. The van der Waals surface area contributed by atoms with E-state index in [-0.39, 0.29) is 41.7 Å². The molecule has 3 aromatic rings. The van der Waals surface area contributed by atoms with Crippen molar-refractivity contribution >= 4 is 45.9 Å². The maximum atomic E-state index is 13.0. The molecule has 1 atom stereocenters. The Morgan fingerprint density at radius 2 is 1.89 bits per heavy atom. The molecule has 0 saturated carbocycles. The van der Waals surface area contributed by atoms with Crippen molar-refractivity contribution in [1.29, 1.82) is 5.26 Å². The van der Waals surface area contributed by atoms with Gasteiger partial charge in [0.2, 0.25) is 5.91 Å². The monoisotopic (exact) mass is 502 g/mol. The second-order valence-electron chi connectivity index (χ2n) is 9.43. The van der Waals surface area contributed by atoms with Gasteiger partial charge in [-0.1, -0.05) is 0 Å². The number of nitrogens with zero attached hydrogens (tertiary/aromatic N) is 6. The Labute approximate surface area is 212 Å². The normalized spacial score (nSPS) is 19.5. The lowest BCUT2D eigenvalue weighted by molar-refractivity contribution is -0.117. The number of rotatable bonds is 4. The summed E-state index contributed by atoms with van der Waals surface area (Å²) in [5.41, 5.74) is 13.6. The molecule has 0 spiro atoms. The van der Waals surface area contributed by atoms with Crippen molar-refractivity contribution in [2.45, 2.75) is 25.4 Å². The third kappa shape index (κ3) is 3.79. The van der Waals surface area contributed by atoms with Crippen LogP contribution in [0.1, 0.15) is 34.5 Å². The number of piperazine rings is 1. The first-order valence-corrected chi connectivity index (χ1v) is 12.3. The molecule has 4 N–H and O–H groups in total. The van der Waals surface area contributed by atoms with E-state index in [1.807, 2.05) is 4.90 Å². The highest BCUT2D eigenvalue weighted by atomic mass is 16.5. The number of nitrogens with two attached hydrogens (primary N) is 2. The van der Waals surface area contributed by atoms with Gasteiger partial charge in [-0.2, -0.15) is 5.26 Å². The van der Waals surface area contributed by atoms with Crippen molar-refractivity contribution < 1.29 is 18.7 Å². The fraction of sp³-hybridized carbons (Fsp3) is 0.400. The van der Waals surface area contributed by atoms with Gasteiger partial charge in [0.1, 0.15) is 34.9 Å². The fourth-order valence-electron chi connectivity index (χ4n) is 5.45. The minimum absolute atomic E-state index is 0.0534. The Balaban J connectivity index is 1.37. The number of carbonyl (C=O) groups excluding carboxylic acids is 2. The maximum Gasteiger partial charge on any atom is 0.289 e. The number of ether oxygens (including phenoxy) is 1. The molecular formula is C25H26N8O4. The van der Waals surface area contributed by atoms with Gasteiger partial charge in [-0.15, -0.1) is 0 Å². The third-order valence-electron chi connectivity index (χ3n) is 7.27. The van der Waals surface area contributed by atoms with Crippen LogP contribution >= 0.6 is 0 Å². The van der Waals surface area contributed by atoms with E-state index in [9.17, 15) is 14.9 Å². The standard InChI is InChI=1S/C25H26N8O4/c26-12-16-19-15-11-18(34)33(13-14-3-1-9-36-14)24(15)30-22(28)20(19)21(27)29-23(16)31-5-7-32(8-6-31)25(35)17-4-2-10-37-17/h2,4,10,14H,1,3,5-9,11,13H2,(H2,27,29)(H2,28,30)/t14-/m0/s1. The summed E-state index contributed by atoms with van der Waals surface area (Å²) in [4.78, 5) is 40.0. The van der Waals surface area contributed by atoms with Crippen LogP contribution in [0.5, 0.6) is 0 Å². The van der Waals surface area contributed by atoms with E-state index in [4.69, 9.17) is 20.6 Å². The first-order chi connectivity index (χ1) is 18.0. The minimum atomic E-state index is -0.183. The van der Waals surface area contributed by atoms with Gasteiger partial charge in [-0.05, 0) is 25.0 Å². The van der Waals surface area contributed by atoms with Gasteiger partial charge in [-0.3, -0.25) is 14.5 Å². The van der Waals surface area contributed by atoms with Gasteiger partial charge in [0.05, 0.1) is 30.7 Å². The van der Waals surface area contributed by atoms with E-state index >= 15 is 0 Å². The molecule has 6 rings (SSSR count). The van der Waals surface area contributed by atoms with Crippen LogP contribution in [-0.2, 0) is 16.0 Å². The minimum Gasteiger partial charge on any atom is -0.459 e. The summed E-state index contributed by atoms with van der Waals surface area (Å²) < 4.78 is 11.0. The number of carbonyl (C=O) groups is 2. The summed E-state index contributed by atoms with van der Waals surface area (Å²) in [6.07, 6.45) is 3.34. The first-order valence-electron chi connectivity index (χ1n) is 12.3. The van der Waals surface area contributed by atoms with E-state index in [2.05, 4.69) is 16.0 Å². The van der Waals surface area contributed by atoms with Gasteiger partial charge in [0.25, 0.3) is 5.91 Å². The number of amides is 2. The Bertz CT molecular complexity index is 1430. The van der Waals surface area contributed by atoms with Crippen LogP contribution in [0.25, 0.3) is 10.8 Å². The SMILES string of the molecule is N#Cc1c(N2CCN(C(=O)c3ccco3)CC2)nc(N)c2c(N)nc3c(c12)CC(=O)N3C[C@@H]1CCCO1. The molecule has 190 valence electrons. The van der Waals surface area contributed by atoms with Crippen LogP contribution in [0.15, 0.2) is 22.8 Å². The van der Waals surface area contributed by atoms with Gasteiger partial charge in [-0.25, -0.2) is 9.97 Å². The topological polar surface area (TPSA) is 168 Å². The second kappa shape index (κ2) is 8.94. The molecule has 0 aliphatic carbocycles. The third-order valence-corrected chi connectivity index (χ3v) is 7.27. The predicted octanol–water partition coefficient (Wildman–Crippen LogP) is 1.29. The number of hydrogen-bond donors (Lipinski definition) is 2. The van der Waals surface area contributed by atoms with Crippen molar-refractivity contribution in [2.75, 3.05) is 60.6 Å². The van der Waals surface area contributed by atoms with Crippen molar-refractivity contribution in [2.24, 2.45) is 0 Å². The molecule has 2 saturated heterocycles. The highest BCUT2D eigenvalue weighted by Gasteiger charge is 2.36. The molecular weight excluding hydrogens is 476 g/mol. The molecule has 6 heterocycles. The quantitative estimate of drug-likeness (QED) is 0.530. The zero-order valence-electron chi connectivity index (χ0n) is 20.1. The van der Waals surface area contributed by atoms with E-state index < -0.39 is 0 Å². The Hall–Kier alpha value is -4.37. The average molecular weight is 503 g/mol. The Kier molecular flexibility index (Phi) is 5.57. The van der Waals surface area contributed by atoms with Gasteiger partial charge in [0.15, 0.2) is 5.76 Å². The van der Waals surface area contributed by atoms with Crippen molar-refractivity contribution in [1.82, 2.24) is 14.9 Å². The maximum absolute atomic E-state index is 13.0. The van der Waals surface area contributed by atoms with Crippen molar-refractivity contribution in [3.8, 4) is 6.07 Å². The molecule has 2 amide bonds. The molecule has 0 radical (unpaired) electrons. The van der Waals surface area contributed by atoms with Crippen LogP contribution in [-0.4, -0.2) is 72.1 Å². The number of anilines is 4. The number of nitrogen functional groups attached to an aromatic ring is 2. The molecule has 37 heavy (non-hydrogen) atoms. The molecule has 2 fully saturated rings. The molecule has 3 aliphatic heterocycles. The van der Waals surface area contributed by atoms with E-state index in [0.717, 1.165) is 12.8 Å². The van der Waals surface area contributed by atoms with Crippen molar-refractivity contribution in [3.05, 3.63) is 35.3 Å². The van der Waals surface area contributed by atoms with E-state index in [0.29, 0.717) is 72.9 Å². The van der Waals surface area contributed by atoms with Crippen LogP contribution < -0.4 is 21.3 Å². The average Bonchev–Trinajstić information content (AvgIpc) is 3.67. The lowest BCUT2D eigenvalue weighted by Gasteiger charge is -2.35. The Morgan fingerprint density at radius 1 is 1.14 bits per heavy atom. The van der Waals surface area contributed by atoms with Gasteiger partial charge < -0.3 is 30.4 Å². The number of furan rings is 1. The summed E-state index contributed by atoms with van der Waals surface area (Å²) in [5, 5.41) is 11.2. The van der Waals surface area contributed by atoms with Gasteiger partial charge in [0, 0.05) is 43.7 Å². The highest BCUT2D eigenvalue weighted by molar-refractivity contribution is 6.13. The molecule has 3 aromatic heterocycles. The lowest BCUT2D eigenvalue weighted by Crippen LogP contribution is -2.49. The molecule has 0 unspecified atom stereocenters. The van der Waals surface area contributed by atoms with Crippen molar-refractivity contribution in [3.63, 3.8) is 0 Å². The molecule has 12 heteroatoms. The first kappa shape index (κ1) is 23.1. The van der Waals surface area contributed by atoms with E-state index in [1.54, 1.807) is 21.9 Å². The molecule has 0 aromatic carbocycles. The summed E-state index contributed by atoms with van der Waals surface area (Å²) in [7, 11) is 0. The van der Waals surface area contributed by atoms with Gasteiger partial charge >= 0.3 is 0 Å². The highest BCUT2D eigenvalue weighted by Crippen LogP contribution is 2.42. The largest absolute Gasteiger partial charge is 0.459 e. The van der Waals surface area contributed by atoms with Crippen LogP contribution in [0, 0.1) is 11.3 Å². The molecule has 12 nitrogen and oxygen atoms in total. The summed E-state index contributed by atoms with van der Waals surface area (Å²) in [6, 6.07) is 5.60. The zero-order chi connectivity index (χ0) is 25.7. The number of hydrogen-bond acceptors (Lipinski definition) is 10. The number of aromatic nitrogens is 2. The molecule has 0 bridgehead atoms. The predicted molar refractivity (Wildman–Crippen MR) is 135 cm³/mol. The Morgan fingerprint density at radius 3 is 2.54 bits per heavy atom. The lowest BCUT2D eigenvalue weighted by atomic mass is 10.00. The van der Waals surface area contributed by atoms with Crippen LogP contribution in [0.2, 0.25) is 0 Å². The summed E-state index contributed by atoms with van der Waals surface area (Å²) in [6.45, 7) is 2.82. The zero-order valence-corrected chi connectivity index (χ0v) is 20.1. The van der Waals surface area contributed by atoms with Crippen LogP contribution in [0.4, 0.5) is 23.3 Å². The summed E-state index contributed by atoms with van der Waals surface area (Å²) >= 11 is 0. The summed E-state index contributed by atoms with van der Waals surface area (Å²) in [5.74, 6) is 1.13. The molecule has 3 aliphatic rings. The fourth-order valence-corrected chi connectivity index (χ4v) is 5.45.